The first kappa shape index (κ1) is 12.3. The van der Waals surface area contributed by atoms with Gasteiger partial charge >= 0.3 is 0 Å². The van der Waals surface area contributed by atoms with Crippen molar-refractivity contribution in [2.24, 2.45) is 0 Å². The van der Waals surface area contributed by atoms with Gasteiger partial charge in [0, 0.05) is 23.9 Å². The molecule has 0 amide bonds. The largest absolute Gasteiger partial charge is 0.313 e. The van der Waals surface area contributed by atoms with Crippen molar-refractivity contribution in [3.8, 4) is 6.07 Å². The van der Waals surface area contributed by atoms with Crippen molar-refractivity contribution in [1.29, 1.82) is 5.26 Å². The molecule has 0 aliphatic rings. The summed E-state index contributed by atoms with van der Waals surface area (Å²) in [6, 6.07) is 3.96. The summed E-state index contributed by atoms with van der Waals surface area (Å²) in [5, 5.41) is 14.2. The van der Waals surface area contributed by atoms with Gasteiger partial charge in [-0.05, 0) is 6.07 Å². The minimum atomic E-state index is 0.471. The Balaban J connectivity index is 2.29. The molecule has 0 unspecified atom stereocenters. The zero-order chi connectivity index (χ0) is 14.1. The fourth-order valence-corrected chi connectivity index (χ4v) is 2.02. The molecule has 0 saturated carbocycles. The van der Waals surface area contributed by atoms with Crippen LogP contribution in [-0.2, 0) is 0 Å². The maximum Gasteiger partial charge on any atom is 0.173 e. The normalized spacial score (nSPS) is 11.7. The monoisotopic (exact) mass is 265 g/mol. The molecule has 0 aromatic carbocycles. The average molecular weight is 265 g/mol. The number of nitrogens with zero attached hydrogens (tertiary/aromatic N) is 5. The summed E-state index contributed by atoms with van der Waals surface area (Å²) in [6.45, 7) is 0. The third-order valence-corrected chi connectivity index (χ3v) is 2.98. The molecule has 0 aliphatic heterocycles. The summed E-state index contributed by atoms with van der Waals surface area (Å²) in [7, 11) is 4.07. The zero-order valence-corrected chi connectivity index (χ0v) is 11.2. The van der Waals surface area contributed by atoms with Crippen LogP contribution >= 0.6 is 0 Å². The number of pyridine rings is 1. The Morgan fingerprint density at radius 2 is 2.15 bits per heavy atom. The van der Waals surface area contributed by atoms with Crippen LogP contribution in [0.4, 0.5) is 0 Å². The molecule has 3 rings (SSSR count). The van der Waals surface area contributed by atoms with Gasteiger partial charge in [0.1, 0.15) is 11.6 Å². The Hall–Kier alpha value is -2.78. The lowest BCUT2D eigenvalue weighted by molar-refractivity contribution is -0.800. The van der Waals surface area contributed by atoms with E-state index >= 15 is 0 Å². The first-order chi connectivity index (χ1) is 9.70. The SMILES string of the molecule is C[NH+](C)C=Cc1nccc2c1cnc1c(C#N)cnn12. The molecule has 6 nitrogen and oxygen atoms in total. The van der Waals surface area contributed by atoms with E-state index in [2.05, 4.69) is 21.1 Å². The van der Waals surface area contributed by atoms with Gasteiger partial charge < -0.3 is 4.90 Å². The number of nitrogens with one attached hydrogen (secondary N) is 1. The van der Waals surface area contributed by atoms with Gasteiger partial charge in [0.05, 0.1) is 37.7 Å². The minimum absolute atomic E-state index is 0.471. The van der Waals surface area contributed by atoms with Gasteiger partial charge in [0.2, 0.25) is 0 Å². The number of hydrogen-bond donors (Lipinski definition) is 1. The molecule has 98 valence electrons. The van der Waals surface area contributed by atoms with E-state index in [-0.39, 0.29) is 0 Å². The third kappa shape index (κ3) is 1.90. The van der Waals surface area contributed by atoms with Gasteiger partial charge in [0.25, 0.3) is 0 Å². The second-order valence-electron chi connectivity index (χ2n) is 4.70. The molecule has 3 heterocycles. The molecule has 0 radical (unpaired) electrons. The van der Waals surface area contributed by atoms with Crippen LogP contribution in [0.15, 0.2) is 30.9 Å². The predicted octanol–water partition coefficient (Wildman–Crippen LogP) is 0.264. The van der Waals surface area contributed by atoms with Crippen molar-refractivity contribution in [2.75, 3.05) is 14.1 Å². The lowest BCUT2D eigenvalue weighted by Gasteiger charge is -2.04. The molecule has 3 aromatic heterocycles. The van der Waals surface area contributed by atoms with E-state index < -0.39 is 0 Å². The van der Waals surface area contributed by atoms with E-state index in [1.807, 2.05) is 32.4 Å². The van der Waals surface area contributed by atoms with Gasteiger partial charge in [-0.15, -0.1) is 0 Å². The van der Waals surface area contributed by atoms with Crippen LogP contribution in [-0.4, -0.2) is 33.7 Å². The van der Waals surface area contributed by atoms with Crippen LogP contribution in [0.3, 0.4) is 0 Å². The average Bonchev–Trinajstić information content (AvgIpc) is 2.88. The molecule has 0 spiro atoms. The van der Waals surface area contributed by atoms with Crippen LogP contribution in [0.2, 0.25) is 0 Å². The van der Waals surface area contributed by atoms with E-state index in [0.717, 1.165) is 16.6 Å². The number of aromatic nitrogens is 4. The highest BCUT2D eigenvalue weighted by Gasteiger charge is 2.10. The second-order valence-corrected chi connectivity index (χ2v) is 4.70. The van der Waals surface area contributed by atoms with E-state index in [1.165, 1.54) is 11.1 Å². The van der Waals surface area contributed by atoms with Gasteiger partial charge in [-0.1, -0.05) is 0 Å². The molecule has 6 heteroatoms. The molecule has 20 heavy (non-hydrogen) atoms. The standard InChI is InChI=1S/C14H12N6/c1-19(2)6-4-12-11-9-17-14-10(7-15)8-18-20(14)13(11)3-5-16-12/h3-6,8-9H,1-2H3/p+1. The molecule has 0 bridgehead atoms. The molecule has 1 N–H and O–H groups in total. The predicted molar refractivity (Wildman–Crippen MR) is 74.8 cm³/mol. The van der Waals surface area contributed by atoms with E-state index in [0.29, 0.717) is 11.2 Å². The zero-order valence-electron chi connectivity index (χ0n) is 11.2. The first-order valence-corrected chi connectivity index (χ1v) is 6.20. The van der Waals surface area contributed by atoms with Crippen LogP contribution in [0.1, 0.15) is 11.3 Å². The Morgan fingerprint density at radius 1 is 1.30 bits per heavy atom. The van der Waals surface area contributed by atoms with Crippen molar-refractivity contribution in [1.82, 2.24) is 19.6 Å². The van der Waals surface area contributed by atoms with E-state index in [1.54, 1.807) is 16.9 Å². The van der Waals surface area contributed by atoms with Crippen LogP contribution < -0.4 is 4.90 Å². The highest BCUT2D eigenvalue weighted by molar-refractivity contribution is 5.87. The fourth-order valence-electron chi connectivity index (χ4n) is 2.02. The Kier molecular flexibility index (Phi) is 2.89. The molecular formula is C14H13N6+. The first-order valence-electron chi connectivity index (χ1n) is 6.20. The van der Waals surface area contributed by atoms with E-state index in [9.17, 15) is 0 Å². The molecule has 0 aliphatic carbocycles. The molecule has 0 saturated heterocycles. The van der Waals surface area contributed by atoms with Gasteiger partial charge in [-0.25, -0.2) is 9.50 Å². The topological polar surface area (TPSA) is 71.3 Å². The summed E-state index contributed by atoms with van der Waals surface area (Å²) in [5.74, 6) is 0. The van der Waals surface area contributed by atoms with Crippen molar-refractivity contribution in [3.05, 3.63) is 42.1 Å². The summed E-state index contributed by atoms with van der Waals surface area (Å²) < 4.78 is 1.68. The van der Waals surface area contributed by atoms with Gasteiger partial charge in [-0.2, -0.15) is 10.4 Å². The lowest BCUT2D eigenvalue weighted by atomic mass is 10.2. The Labute approximate surface area is 115 Å². The van der Waals surface area contributed by atoms with Crippen molar-refractivity contribution < 1.29 is 4.90 Å². The molecular weight excluding hydrogens is 252 g/mol. The maximum atomic E-state index is 9.03. The number of rotatable bonds is 2. The van der Waals surface area contributed by atoms with Crippen molar-refractivity contribution >= 4 is 22.6 Å². The van der Waals surface area contributed by atoms with Gasteiger partial charge in [-0.3, -0.25) is 4.98 Å². The maximum absolute atomic E-state index is 9.03. The highest BCUT2D eigenvalue weighted by atomic mass is 15.2. The van der Waals surface area contributed by atoms with Crippen LogP contribution in [0, 0.1) is 11.3 Å². The number of quaternary nitrogens is 1. The Bertz CT molecular complexity index is 853. The number of nitriles is 1. The molecule has 0 fully saturated rings. The third-order valence-electron chi connectivity index (χ3n) is 2.98. The summed E-state index contributed by atoms with van der Waals surface area (Å²) >= 11 is 0. The lowest BCUT2D eigenvalue weighted by Crippen LogP contribution is -3.00. The number of fused-ring (bicyclic) bond motifs is 3. The van der Waals surface area contributed by atoms with E-state index in [4.69, 9.17) is 5.26 Å². The highest BCUT2D eigenvalue weighted by Crippen LogP contribution is 2.19. The summed E-state index contributed by atoms with van der Waals surface area (Å²) in [6.07, 6.45) is 8.97. The molecule has 0 atom stereocenters. The molecule has 3 aromatic rings. The fraction of sp³-hybridized carbons (Fsp3) is 0.143. The second kappa shape index (κ2) is 4.72. The van der Waals surface area contributed by atoms with Gasteiger partial charge in [0.15, 0.2) is 5.65 Å². The van der Waals surface area contributed by atoms with Crippen LogP contribution in [0.5, 0.6) is 0 Å². The smallest absolute Gasteiger partial charge is 0.173 e. The van der Waals surface area contributed by atoms with Crippen molar-refractivity contribution in [2.45, 2.75) is 0 Å². The number of hydrogen-bond acceptors (Lipinski definition) is 4. The van der Waals surface area contributed by atoms with Crippen LogP contribution in [0.25, 0.3) is 22.6 Å². The Morgan fingerprint density at radius 3 is 2.90 bits per heavy atom. The minimum Gasteiger partial charge on any atom is -0.313 e. The quantitative estimate of drug-likeness (QED) is 0.721. The van der Waals surface area contributed by atoms with Crippen molar-refractivity contribution in [3.63, 3.8) is 0 Å². The summed E-state index contributed by atoms with van der Waals surface area (Å²) in [4.78, 5) is 9.89. The summed E-state index contributed by atoms with van der Waals surface area (Å²) in [5.41, 5.74) is 2.77.